The summed E-state index contributed by atoms with van der Waals surface area (Å²) >= 11 is 0. The molecule has 0 aliphatic carbocycles. The number of rotatable bonds is 6. The zero-order valence-electron chi connectivity index (χ0n) is 10.9. The van der Waals surface area contributed by atoms with Gasteiger partial charge in [-0.2, -0.15) is 4.72 Å². The van der Waals surface area contributed by atoms with E-state index < -0.39 is 27.0 Å². The molecule has 0 fully saturated rings. The van der Waals surface area contributed by atoms with Crippen molar-refractivity contribution in [1.82, 2.24) is 4.72 Å². The number of benzene rings is 1. The van der Waals surface area contributed by atoms with Crippen molar-refractivity contribution < 1.29 is 22.9 Å². The van der Waals surface area contributed by atoms with Crippen LogP contribution in [0.2, 0.25) is 0 Å². The van der Waals surface area contributed by atoms with Gasteiger partial charge in [0.05, 0.1) is 16.4 Å². The Labute approximate surface area is 115 Å². The van der Waals surface area contributed by atoms with Crippen LogP contribution in [0.1, 0.15) is 13.8 Å². The van der Waals surface area contributed by atoms with Crippen molar-refractivity contribution in [1.29, 1.82) is 0 Å². The first-order chi connectivity index (χ1) is 9.27. The molecule has 0 amide bonds. The number of carbonyl (C=O) groups is 1. The number of nitrogens with one attached hydrogen (secondary N) is 1. The molecule has 1 aromatic rings. The zero-order chi connectivity index (χ0) is 15.3. The van der Waals surface area contributed by atoms with E-state index in [0.29, 0.717) is 0 Å². The molecule has 110 valence electrons. The Morgan fingerprint density at radius 3 is 2.40 bits per heavy atom. The highest BCUT2D eigenvalue weighted by Gasteiger charge is 2.23. The molecule has 1 N–H and O–H groups in total. The number of sulfonamides is 1. The van der Waals surface area contributed by atoms with Crippen LogP contribution in [0.3, 0.4) is 0 Å². The summed E-state index contributed by atoms with van der Waals surface area (Å²) in [6, 6.07) is 3.29. The summed E-state index contributed by atoms with van der Waals surface area (Å²) in [4.78, 5) is 21.0. The molecule has 1 atom stereocenters. The van der Waals surface area contributed by atoms with Crippen LogP contribution in [0.4, 0.5) is 5.69 Å². The van der Waals surface area contributed by atoms with Crippen molar-refractivity contribution in [3.63, 3.8) is 0 Å². The first-order valence-electron chi connectivity index (χ1n) is 5.71. The van der Waals surface area contributed by atoms with Gasteiger partial charge in [-0.15, -0.1) is 0 Å². The fraction of sp³-hybridized carbons (Fsp3) is 0.364. The fourth-order valence-electron chi connectivity index (χ4n) is 1.36. The highest BCUT2D eigenvalue weighted by atomic mass is 32.2. The van der Waals surface area contributed by atoms with Crippen molar-refractivity contribution in [3.8, 4) is 0 Å². The number of hydrogen-bond donors (Lipinski definition) is 1. The van der Waals surface area contributed by atoms with Crippen LogP contribution < -0.4 is 4.72 Å². The maximum atomic E-state index is 11.9. The lowest BCUT2D eigenvalue weighted by molar-refractivity contribution is -0.384. The van der Waals surface area contributed by atoms with Crippen molar-refractivity contribution in [2.75, 3.05) is 6.61 Å². The smallest absolute Gasteiger partial charge is 0.323 e. The number of nitro groups is 1. The summed E-state index contributed by atoms with van der Waals surface area (Å²) in [5, 5.41) is 10.5. The lowest BCUT2D eigenvalue weighted by atomic mass is 10.3. The third-order valence-electron chi connectivity index (χ3n) is 2.33. The maximum absolute atomic E-state index is 11.9. The Balaban J connectivity index is 2.88. The first-order valence-corrected chi connectivity index (χ1v) is 7.19. The monoisotopic (exact) mass is 302 g/mol. The van der Waals surface area contributed by atoms with Crippen LogP contribution in [0.15, 0.2) is 29.2 Å². The van der Waals surface area contributed by atoms with Crippen LogP contribution in [0, 0.1) is 10.1 Å². The van der Waals surface area contributed by atoms with Crippen LogP contribution in [-0.4, -0.2) is 32.0 Å². The van der Waals surface area contributed by atoms with E-state index in [0.717, 1.165) is 24.3 Å². The third kappa shape index (κ3) is 4.00. The van der Waals surface area contributed by atoms with E-state index in [-0.39, 0.29) is 17.2 Å². The largest absolute Gasteiger partial charge is 0.465 e. The molecular formula is C11H14N2O6S. The molecule has 0 aromatic heterocycles. The molecule has 8 nitrogen and oxygen atoms in total. The molecule has 0 saturated carbocycles. The second kappa shape index (κ2) is 6.44. The highest BCUT2D eigenvalue weighted by Crippen LogP contribution is 2.16. The summed E-state index contributed by atoms with van der Waals surface area (Å²) in [6.45, 7) is 3.10. The Kier molecular flexibility index (Phi) is 5.17. The third-order valence-corrected chi connectivity index (χ3v) is 3.89. The minimum absolute atomic E-state index is 0.141. The molecule has 0 aliphatic rings. The van der Waals surface area contributed by atoms with Gasteiger partial charge in [-0.1, -0.05) is 0 Å². The SMILES string of the molecule is CCOC(=O)C(C)NS(=O)(=O)c1ccc([N+](=O)[O-])cc1. The number of non-ortho nitro benzene ring substituents is 1. The molecule has 0 aliphatic heterocycles. The Bertz CT molecular complexity index is 596. The molecule has 0 bridgehead atoms. The standard InChI is InChI=1S/C11H14N2O6S/c1-3-19-11(14)8(2)12-20(17,18)10-6-4-9(5-7-10)13(15)16/h4-8,12H,3H2,1-2H3. The van der Waals surface area contributed by atoms with Crippen LogP contribution in [0.25, 0.3) is 0 Å². The second-order valence-electron chi connectivity index (χ2n) is 3.85. The average Bonchev–Trinajstić information content (AvgIpc) is 2.38. The van der Waals surface area contributed by atoms with Gasteiger partial charge in [-0.25, -0.2) is 8.42 Å². The second-order valence-corrected chi connectivity index (χ2v) is 5.56. The van der Waals surface area contributed by atoms with E-state index in [9.17, 15) is 23.3 Å². The van der Waals surface area contributed by atoms with Crippen LogP contribution in [-0.2, 0) is 19.6 Å². The summed E-state index contributed by atoms with van der Waals surface area (Å²) in [7, 11) is -3.94. The van der Waals surface area contributed by atoms with Crippen LogP contribution in [0.5, 0.6) is 0 Å². The lowest BCUT2D eigenvalue weighted by Crippen LogP contribution is -2.39. The van der Waals surface area contributed by atoms with Crippen molar-refractivity contribution in [3.05, 3.63) is 34.4 Å². The van der Waals surface area contributed by atoms with Crippen molar-refractivity contribution in [2.24, 2.45) is 0 Å². The fourth-order valence-corrected chi connectivity index (χ4v) is 2.56. The molecule has 0 heterocycles. The molecular weight excluding hydrogens is 288 g/mol. The van der Waals surface area contributed by atoms with Gasteiger partial charge in [0.15, 0.2) is 0 Å². The van der Waals surface area contributed by atoms with Gasteiger partial charge in [-0.05, 0) is 26.0 Å². The van der Waals surface area contributed by atoms with E-state index in [1.807, 2.05) is 0 Å². The topological polar surface area (TPSA) is 116 Å². The predicted molar refractivity (Wildman–Crippen MR) is 69.5 cm³/mol. The van der Waals surface area contributed by atoms with Gasteiger partial charge in [0.2, 0.25) is 10.0 Å². The number of hydrogen-bond acceptors (Lipinski definition) is 6. The molecule has 1 unspecified atom stereocenters. The molecule has 9 heteroatoms. The van der Waals surface area contributed by atoms with E-state index in [1.54, 1.807) is 6.92 Å². The zero-order valence-corrected chi connectivity index (χ0v) is 11.7. The number of ether oxygens (including phenoxy) is 1. The van der Waals surface area contributed by atoms with Crippen LogP contribution >= 0.6 is 0 Å². The van der Waals surface area contributed by atoms with Crippen molar-refractivity contribution in [2.45, 2.75) is 24.8 Å². The Morgan fingerprint density at radius 1 is 1.40 bits per heavy atom. The normalized spacial score (nSPS) is 12.7. The Morgan fingerprint density at radius 2 is 1.95 bits per heavy atom. The minimum Gasteiger partial charge on any atom is -0.465 e. The molecule has 0 saturated heterocycles. The summed E-state index contributed by atoms with van der Waals surface area (Å²) in [5.41, 5.74) is -0.220. The maximum Gasteiger partial charge on any atom is 0.323 e. The summed E-state index contributed by atoms with van der Waals surface area (Å²) in [5.74, 6) is -0.696. The molecule has 1 rings (SSSR count). The Hall–Kier alpha value is -2.00. The first kappa shape index (κ1) is 16.1. The van der Waals surface area contributed by atoms with E-state index >= 15 is 0 Å². The molecule has 20 heavy (non-hydrogen) atoms. The van der Waals surface area contributed by atoms with E-state index in [1.165, 1.54) is 6.92 Å². The average molecular weight is 302 g/mol. The number of nitro benzene ring substituents is 1. The molecule has 0 spiro atoms. The lowest BCUT2D eigenvalue weighted by Gasteiger charge is -2.12. The number of carbonyl (C=O) groups excluding carboxylic acids is 1. The van der Waals surface area contributed by atoms with Gasteiger partial charge >= 0.3 is 5.97 Å². The van der Waals surface area contributed by atoms with E-state index in [4.69, 9.17) is 0 Å². The van der Waals surface area contributed by atoms with E-state index in [2.05, 4.69) is 9.46 Å². The number of esters is 1. The summed E-state index contributed by atoms with van der Waals surface area (Å²) < 4.78 is 30.7. The molecule has 0 radical (unpaired) electrons. The summed E-state index contributed by atoms with van der Waals surface area (Å²) in [6.07, 6.45) is 0. The van der Waals surface area contributed by atoms with Gasteiger partial charge < -0.3 is 4.74 Å². The van der Waals surface area contributed by atoms with Gasteiger partial charge in [0.25, 0.3) is 5.69 Å². The van der Waals surface area contributed by atoms with Gasteiger partial charge in [-0.3, -0.25) is 14.9 Å². The highest BCUT2D eigenvalue weighted by molar-refractivity contribution is 7.89. The minimum atomic E-state index is -3.94. The van der Waals surface area contributed by atoms with Crippen molar-refractivity contribution >= 4 is 21.7 Å². The van der Waals surface area contributed by atoms with Gasteiger partial charge in [0, 0.05) is 12.1 Å². The number of nitrogens with zero attached hydrogens (tertiary/aromatic N) is 1. The molecule has 1 aromatic carbocycles. The quantitative estimate of drug-likeness (QED) is 0.472. The predicted octanol–water partition coefficient (Wildman–Crippen LogP) is 0.825. The van der Waals surface area contributed by atoms with Gasteiger partial charge in [0.1, 0.15) is 6.04 Å².